The van der Waals surface area contributed by atoms with Gasteiger partial charge in [0, 0.05) is 0 Å². The summed E-state index contributed by atoms with van der Waals surface area (Å²) in [5.74, 6) is -6.26. The molecule has 0 aromatic carbocycles. The van der Waals surface area contributed by atoms with E-state index in [0.29, 0.717) is 0 Å². The minimum atomic E-state index is -1.56. The fourth-order valence-electron chi connectivity index (χ4n) is 0.989. The van der Waals surface area contributed by atoms with Crippen LogP contribution in [0.2, 0.25) is 0 Å². The summed E-state index contributed by atoms with van der Waals surface area (Å²) in [5.41, 5.74) is -2.04. The molecule has 0 aliphatic heterocycles. The minimum Gasteiger partial charge on any atom is -0.573 e. The maximum absolute atomic E-state index is 10.0. The standard InChI is InChI=1S/2C5H4N2O4.2C2H7N.2Cu.3H2O/c2*8-4(9)2-1-3(5(10)11)7-6-2;2*1-3-2;;;;;/h2*1H,(H3,6,7,8,9,10,11);2*3H,1-2H3;;;3*1H2/q;;;;2*+2;;;/p-4. The molecule has 0 spiro atoms. The molecule has 0 fully saturated rings. The van der Waals surface area contributed by atoms with Crippen LogP contribution in [0.25, 0.3) is 0 Å². The molecule has 2 rings (SSSR count). The van der Waals surface area contributed by atoms with Crippen LogP contribution in [0.5, 0.6) is 0 Å². The molecule has 198 valence electrons. The Kier molecular flexibility index (Phi) is 39.4. The Balaban J connectivity index is -0.0000000589. The van der Waals surface area contributed by atoms with Crippen molar-refractivity contribution in [2.45, 2.75) is 0 Å². The van der Waals surface area contributed by atoms with Crippen molar-refractivity contribution in [1.29, 1.82) is 0 Å². The predicted molar refractivity (Wildman–Crippen MR) is 90.8 cm³/mol. The average molecular weight is 579 g/mol. The van der Waals surface area contributed by atoms with Gasteiger partial charge in [-0.1, -0.05) is 11.4 Å². The largest absolute Gasteiger partial charge is 2.00 e. The predicted octanol–water partition coefficient (Wildman–Crippen LogP) is -11.3. The van der Waals surface area contributed by atoms with Gasteiger partial charge < -0.3 is 87.1 Å². The number of hydrogen-bond donors (Lipinski definition) is 2. The molecule has 0 aliphatic carbocycles. The zero-order chi connectivity index (χ0) is 22.3. The topological polar surface area (TPSA) is 342 Å². The van der Waals surface area contributed by atoms with Crippen molar-refractivity contribution in [3.63, 3.8) is 0 Å². The number of hydrogen-bond acceptors (Lipinski definition) is 10. The summed E-state index contributed by atoms with van der Waals surface area (Å²) in [6, 6.07) is 1.54. The fourth-order valence-corrected chi connectivity index (χ4v) is 0.989. The van der Waals surface area contributed by atoms with E-state index >= 15 is 0 Å². The van der Waals surface area contributed by atoms with Gasteiger partial charge in [-0.25, -0.2) is 0 Å². The molecule has 0 atom stereocenters. The first-order chi connectivity index (χ1) is 13.0. The van der Waals surface area contributed by atoms with E-state index in [9.17, 15) is 39.6 Å². The van der Waals surface area contributed by atoms with Gasteiger partial charge in [-0.3, -0.25) is 0 Å². The van der Waals surface area contributed by atoms with E-state index in [1.54, 1.807) is 0 Å². The molecule has 0 bridgehead atoms. The van der Waals surface area contributed by atoms with Crippen molar-refractivity contribution >= 4 is 23.9 Å². The van der Waals surface area contributed by atoms with E-state index in [0.717, 1.165) is 12.1 Å². The first kappa shape index (κ1) is 47.8. The Hall–Kier alpha value is -2.86. The summed E-state index contributed by atoms with van der Waals surface area (Å²) in [6.45, 7) is 0. The van der Waals surface area contributed by atoms with Crippen molar-refractivity contribution < 1.29 is 101 Å². The summed E-state index contributed by atoms with van der Waals surface area (Å²) in [6.07, 6.45) is 0. The maximum atomic E-state index is 10.0. The van der Waals surface area contributed by atoms with E-state index in [-0.39, 0.29) is 50.6 Å². The second-order valence-electron chi connectivity index (χ2n) is 4.53. The van der Waals surface area contributed by atoms with Gasteiger partial charge in [0.05, 0.1) is 63.5 Å². The van der Waals surface area contributed by atoms with Gasteiger partial charge in [0.1, 0.15) is 0 Å². The molecular weight excluding hydrogens is 555 g/mol. The van der Waals surface area contributed by atoms with E-state index < -0.39 is 46.7 Å². The average Bonchev–Trinajstić information content (AvgIpc) is 3.27. The summed E-state index contributed by atoms with van der Waals surface area (Å²) in [5, 5.41) is 56.1. The summed E-state index contributed by atoms with van der Waals surface area (Å²) in [7, 11) is 8.00. The molecule has 2 heterocycles. The second kappa shape index (κ2) is 27.2. The number of carbonyl (C=O) groups excluding carboxylic acids is 4. The molecule has 2 aromatic rings. The van der Waals surface area contributed by atoms with Crippen molar-refractivity contribution in [2.24, 2.45) is 0 Å². The third kappa shape index (κ3) is 22.1. The van der Waals surface area contributed by atoms with Gasteiger partial charge in [-0.15, -0.1) is 0 Å². The van der Waals surface area contributed by atoms with Crippen molar-refractivity contribution in [2.75, 3.05) is 28.2 Å². The van der Waals surface area contributed by atoms with Crippen LogP contribution in [0.1, 0.15) is 42.0 Å². The third-order valence-corrected chi connectivity index (χ3v) is 1.91. The molecule has 0 amide bonds. The van der Waals surface area contributed by atoms with Gasteiger partial charge in [0.15, 0.2) is 0 Å². The Morgan fingerprint density at radius 1 is 0.636 bits per heavy atom. The van der Waals surface area contributed by atoms with E-state index in [4.69, 9.17) is 0 Å². The van der Waals surface area contributed by atoms with Crippen LogP contribution in [-0.4, -0.2) is 78.7 Å². The Morgan fingerprint density at radius 2 is 0.848 bits per heavy atom. The molecule has 0 unspecified atom stereocenters. The SMILES string of the molecule is C[NH2+]C.C[NH2+]C.O.O.O.O=C([O-])c1cc(C(=O)[O-])[n-]n1.O=C([O-])c1cc(C(=O)[O-])[n-]n1.[Cu+2].[Cu+2]. The van der Waals surface area contributed by atoms with Crippen LogP contribution in [0.15, 0.2) is 12.1 Å². The fraction of sp³-hybridized carbons (Fsp3) is 0.286. The normalized spacial score (nSPS) is 7.39. The summed E-state index contributed by atoms with van der Waals surface area (Å²) >= 11 is 0. The van der Waals surface area contributed by atoms with Crippen molar-refractivity contribution in [3.8, 4) is 0 Å². The van der Waals surface area contributed by atoms with Gasteiger partial charge in [-0.2, -0.15) is 0 Å². The van der Waals surface area contributed by atoms with Crippen LogP contribution in [0.4, 0.5) is 0 Å². The molecule has 10 N–H and O–H groups in total. The van der Waals surface area contributed by atoms with E-state index in [2.05, 4.69) is 20.4 Å². The summed E-state index contributed by atoms with van der Waals surface area (Å²) in [4.78, 5) is 40.0. The molecule has 17 nitrogen and oxygen atoms in total. The number of nitrogens with zero attached hydrogens (tertiary/aromatic N) is 4. The zero-order valence-electron chi connectivity index (χ0n) is 17.5. The Labute approximate surface area is 208 Å². The Bertz CT molecular complexity index is 664. The van der Waals surface area contributed by atoms with Crippen molar-refractivity contribution in [1.82, 2.24) is 20.4 Å². The van der Waals surface area contributed by atoms with Gasteiger partial charge >= 0.3 is 34.1 Å². The number of aromatic carboxylic acids is 4. The zero-order valence-corrected chi connectivity index (χ0v) is 19.4. The minimum absolute atomic E-state index is 0. The number of rotatable bonds is 4. The van der Waals surface area contributed by atoms with E-state index in [1.165, 1.54) is 0 Å². The third-order valence-electron chi connectivity index (χ3n) is 1.91. The van der Waals surface area contributed by atoms with Crippen LogP contribution in [0, 0.1) is 0 Å². The number of aromatic nitrogens is 4. The maximum Gasteiger partial charge on any atom is 2.00 e. The molecular formula is C14H24Cu2N6O11. The molecule has 2 radical (unpaired) electrons. The van der Waals surface area contributed by atoms with Crippen molar-refractivity contribution in [3.05, 3.63) is 34.9 Å². The molecule has 33 heavy (non-hydrogen) atoms. The first-order valence-electron chi connectivity index (χ1n) is 7.39. The van der Waals surface area contributed by atoms with Crippen LogP contribution in [-0.2, 0) is 34.1 Å². The molecule has 0 aliphatic rings. The number of quaternary nitrogens is 2. The number of carbonyl (C=O) groups is 4. The molecule has 19 heteroatoms. The molecule has 0 saturated heterocycles. The Morgan fingerprint density at radius 3 is 0.939 bits per heavy atom. The van der Waals surface area contributed by atoms with Crippen LogP contribution >= 0.6 is 0 Å². The first-order valence-corrected chi connectivity index (χ1v) is 7.39. The molecule has 0 saturated carbocycles. The van der Waals surface area contributed by atoms with Gasteiger partial charge in [-0.05, 0) is 12.1 Å². The monoisotopic (exact) mass is 578 g/mol. The molecule has 2 aromatic heterocycles. The summed E-state index contributed by atoms with van der Waals surface area (Å²) < 4.78 is 0. The number of nitrogens with two attached hydrogens (primary N) is 2. The van der Waals surface area contributed by atoms with E-state index in [1.807, 2.05) is 38.8 Å². The number of carboxylic acids is 4. The number of carboxylic acid groups (broad SMARTS) is 4. The smallest absolute Gasteiger partial charge is 0.573 e. The van der Waals surface area contributed by atoms with Gasteiger partial charge in [0.25, 0.3) is 0 Å². The second-order valence-corrected chi connectivity index (χ2v) is 4.53. The quantitative estimate of drug-likeness (QED) is 0.319. The van der Waals surface area contributed by atoms with Gasteiger partial charge in [0.2, 0.25) is 0 Å². The van der Waals surface area contributed by atoms with Crippen LogP contribution < -0.4 is 41.3 Å². The van der Waals surface area contributed by atoms with Crippen LogP contribution in [0.3, 0.4) is 0 Å².